The number of hydrogen-bond donors (Lipinski definition) is 0. The highest BCUT2D eigenvalue weighted by molar-refractivity contribution is 5.88. The van der Waals surface area contributed by atoms with Crippen molar-refractivity contribution >= 4 is 11.9 Å². The summed E-state index contributed by atoms with van der Waals surface area (Å²) in [6.45, 7) is 2.13. The number of esters is 2. The molecule has 0 heterocycles. The highest BCUT2D eigenvalue weighted by Gasteiger charge is 2.68. The maximum Gasteiger partial charge on any atom is 0.468 e. The van der Waals surface area contributed by atoms with Crippen molar-refractivity contribution in [2.24, 2.45) is 0 Å². The van der Waals surface area contributed by atoms with Crippen LogP contribution in [0.25, 0.3) is 0 Å². The van der Waals surface area contributed by atoms with Gasteiger partial charge < -0.3 is 14.2 Å². The highest BCUT2D eigenvalue weighted by Crippen LogP contribution is 2.37. The van der Waals surface area contributed by atoms with Crippen molar-refractivity contribution in [2.75, 3.05) is 6.61 Å². The van der Waals surface area contributed by atoms with Crippen LogP contribution in [-0.4, -0.2) is 36.4 Å². The molecule has 0 N–H and O–H groups in total. The second-order valence-corrected chi connectivity index (χ2v) is 5.11. The van der Waals surface area contributed by atoms with E-state index < -0.39 is 42.9 Å². The molecule has 0 aliphatic rings. The smallest absolute Gasteiger partial charge is 0.421 e. The first-order valence-electron chi connectivity index (χ1n) is 7.12. The van der Waals surface area contributed by atoms with Gasteiger partial charge in [0, 0.05) is 12.5 Å². The van der Waals surface area contributed by atoms with E-state index in [9.17, 15) is 31.5 Å². The Morgan fingerprint density at radius 1 is 1.12 bits per heavy atom. The number of benzene rings is 1. The summed E-state index contributed by atoms with van der Waals surface area (Å²) in [6, 6.07) is 6.56. The van der Waals surface area contributed by atoms with Crippen molar-refractivity contribution < 1.29 is 45.8 Å². The van der Waals surface area contributed by atoms with Gasteiger partial charge in [0.05, 0.1) is 6.61 Å². The van der Waals surface area contributed by atoms with E-state index in [0.29, 0.717) is 13.0 Å². The first-order valence-corrected chi connectivity index (χ1v) is 7.12. The zero-order valence-electron chi connectivity index (χ0n) is 13.5. The first-order chi connectivity index (χ1) is 11.9. The topological polar surface area (TPSA) is 61.8 Å². The fraction of sp³-hybridized carbons (Fsp3) is 0.375. The van der Waals surface area contributed by atoms with Crippen LogP contribution < -0.4 is 4.74 Å². The summed E-state index contributed by atoms with van der Waals surface area (Å²) in [7, 11) is 0. The SMILES string of the molecule is C=CC(=O)OC(OCCC(C)(F)F)(C(=O)Oc1ccccc1)C(F)(F)F. The molecule has 0 radical (unpaired) electrons. The molecule has 1 atom stereocenters. The summed E-state index contributed by atoms with van der Waals surface area (Å²) in [5.74, 6) is -11.7. The Morgan fingerprint density at radius 2 is 1.69 bits per heavy atom. The van der Waals surface area contributed by atoms with Crippen LogP contribution in [0.2, 0.25) is 0 Å². The van der Waals surface area contributed by atoms with E-state index in [2.05, 4.69) is 20.8 Å². The van der Waals surface area contributed by atoms with Gasteiger partial charge in [0.1, 0.15) is 5.75 Å². The van der Waals surface area contributed by atoms with Gasteiger partial charge in [-0.3, -0.25) is 0 Å². The van der Waals surface area contributed by atoms with Crippen LogP contribution >= 0.6 is 0 Å². The van der Waals surface area contributed by atoms with Crippen molar-refractivity contribution in [3.05, 3.63) is 43.0 Å². The quantitative estimate of drug-likeness (QED) is 0.226. The second-order valence-electron chi connectivity index (χ2n) is 5.11. The number of carbonyl (C=O) groups is 2. The zero-order chi connectivity index (χ0) is 20.0. The third kappa shape index (κ3) is 5.80. The van der Waals surface area contributed by atoms with Gasteiger partial charge in [0.15, 0.2) is 0 Å². The minimum absolute atomic E-state index is 0.301. The lowest BCUT2D eigenvalue weighted by Crippen LogP contribution is -2.59. The lowest BCUT2D eigenvalue weighted by atomic mass is 10.2. The predicted molar refractivity (Wildman–Crippen MR) is 78.3 cm³/mol. The summed E-state index contributed by atoms with van der Waals surface area (Å²) in [4.78, 5) is 23.4. The van der Waals surface area contributed by atoms with Crippen molar-refractivity contribution in [3.63, 3.8) is 0 Å². The molecule has 1 aromatic rings. The number of para-hydroxylation sites is 1. The Bertz CT molecular complexity index is 639. The minimum Gasteiger partial charge on any atom is -0.421 e. The lowest BCUT2D eigenvalue weighted by Gasteiger charge is -2.32. The summed E-state index contributed by atoms with van der Waals surface area (Å²) >= 11 is 0. The van der Waals surface area contributed by atoms with E-state index in [4.69, 9.17) is 0 Å². The Hall–Kier alpha value is -2.49. The molecule has 1 aromatic carbocycles. The van der Waals surface area contributed by atoms with Gasteiger partial charge in [-0.15, -0.1) is 0 Å². The molecule has 1 rings (SSSR count). The Morgan fingerprint density at radius 3 is 2.15 bits per heavy atom. The molecule has 0 saturated heterocycles. The summed E-state index contributed by atoms with van der Waals surface area (Å²) in [5, 5.41) is 0. The van der Waals surface area contributed by atoms with Gasteiger partial charge >= 0.3 is 23.9 Å². The average Bonchev–Trinajstić information content (AvgIpc) is 2.52. The third-order valence-corrected chi connectivity index (χ3v) is 2.85. The Kier molecular flexibility index (Phi) is 6.85. The molecule has 0 aromatic heterocycles. The monoisotopic (exact) mass is 382 g/mol. The van der Waals surface area contributed by atoms with Crippen molar-refractivity contribution in [2.45, 2.75) is 31.2 Å². The molecule has 1 unspecified atom stereocenters. The Balaban J connectivity index is 3.20. The number of rotatable bonds is 8. The summed E-state index contributed by atoms with van der Waals surface area (Å²) < 4.78 is 79.2. The summed E-state index contributed by atoms with van der Waals surface area (Å²) in [6.07, 6.45) is -6.41. The van der Waals surface area contributed by atoms with Gasteiger partial charge in [0.2, 0.25) is 5.92 Å². The van der Waals surface area contributed by atoms with E-state index in [1.807, 2.05) is 0 Å². The maximum atomic E-state index is 13.5. The third-order valence-electron chi connectivity index (χ3n) is 2.85. The van der Waals surface area contributed by atoms with E-state index in [0.717, 1.165) is 12.1 Å². The highest BCUT2D eigenvalue weighted by atomic mass is 19.4. The van der Waals surface area contributed by atoms with E-state index in [1.54, 1.807) is 0 Å². The maximum absolute atomic E-state index is 13.5. The molecule has 0 aliphatic heterocycles. The molecule has 5 nitrogen and oxygen atoms in total. The zero-order valence-corrected chi connectivity index (χ0v) is 13.5. The van der Waals surface area contributed by atoms with Crippen LogP contribution in [0.4, 0.5) is 22.0 Å². The van der Waals surface area contributed by atoms with Crippen molar-refractivity contribution in [1.82, 2.24) is 0 Å². The number of halogens is 5. The number of carbonyl (C=O) groups excluding carboxylic acids is 2. The van der Waals surface area contributed by atoms with Crippen LogP contribution in [-0.2, 0) is 19.1 Å². The molecule has 0 saturated carbocycles. The van der Waals surface area contributed by atoms with Crippen LogP contribution in [0, 0.1) is 0 Å². The lowest BCUT2D eigenvalue weighted by molar-refractivity contribution is -0.353. The van der Waals surface area contributed by atoms with Crippen LogP contribution in [0.1, 0.15) is 13.3 Å². The van der Waals surface area contributed by atoms with Crippen molar-refractivity contribution in [3.8, 4) is 5.75 Å². The van der Waals surface area contributed by atoms with E-state index in [1.165, 1.54) is 18.2 Å². The van der Waals surface area contributed by atoms with Gasteiger partial charge in [-0.2, -0.15) is 13.2 Å². The Labute approximate surface area is 145 Å². The molecule has 0 bridgehead atoms. The normalized spacial score (nSPS) is 14.2. The molecule has 0 fully saturated rings. The van der Waals surface area contributed by atoms with E-state index >= 15 is 0 Å². The summed E-state index contributed by atoms with van der Waals surface area (Å²) in [5.41, 5.74) is 0. The molecule has 0 aliphatic carbocycles. The van der Waals surface area contributed by atoms with Gasteiger partial charge in [0.25, 0.3) is 0 Å². The largest absolute Gasteiger partial charge is 0.468 e. The first kappa shape index (κ1) is 21.6. The van der Waals surface area contributed by atoms with Crippen LogP contribution in [0.15, 0.2) is 43.0 Å². The number of ether oxygens (including phenoxy) is 3. The molecule has 10 heteroatoms. The molecule has 26 heavy (non-hydrogen) atoms. The fourth-order valence-corrected chi connectivity index (χ4v) is 1.61. The van der Waals surface area contributed by atoms with Crippen LogP contribution in [0.3, 0.4) is 0 Å². The molecule has 144 valence electrons. The van der Waals surface area contributed by atoms with Gasteiger partial charge in [-0.25, -0.2) is 18.4 Å². The van der Waals surface area contributed by atoms with E-state index in [-0.39, 0.29) is 5.75 Å². The van der Waals surface area contributed by atoms with Gasteiger partial charge in [-0.1, -0.05) is 24.8 Å². The predicted octanol–water partition coefficient (Wildman–Crippen LogP) is 3.64. The average molecular weight is 382 g/mol. The minimum atomic E-state index is -5.61. The number of hydrogen-bond acceptors (Lipinski definition) is 5. The molecule has 0 spiro atoms. The van der Waals surface area contributed by atoms with Crippen molar-refractivity contribution in [1.29, 1.82) is 0 Å². The van der Waals surface area contributed by atoms with Gasteiger partial charge in [-0.05, 0) is 19.1 Å². The standard InChI is InChI=1S/C16H15F5O5/c1-3-12(22)26-15(16(19,20)21,24-10-9-14(2,17)18)13(23)25-11-7-5-4-6-8-11/h3-8H,1,9-10H2,2H3. The fourth-order valence-electron chi connectivity index (χ4n) is 1.61. The second kappa shape index (κ2) is 8.26. The van der Waals surface area contributed by atoms with Crippen LogP contribution in [0.5, 0.6) is 5.75 Å². The number of alkyl halides is 5. The molecular formula is C16H15F5O5. The molecular weight excluding hydrogens is 367 g/mol. The molecule has 0 amide bonds.